The van der Waals surface area contributed by atoms with E-state index in [9.17, 15) is 10.1 Å². The van der Waals surface area contributed by atoms with E-state index < -0.39 is 4.92 Å². The fourth-order valence-electron chi connectivity index (χ4n) is 2.93. The van der Waals surface area contributed by atoms with Gasteiger partial charge in [-0.1, -0.05) is 11.6 Å². The molecule has 1 aliphatic heterocycles. The highest BCUT2D eigenvalue weighted by Gasteiger charge is 2.17. The van der Waals surface area contributed by atoms with Crippen molar-refractivity contribution in [3.63, 3.8) is 0 Å². The molecule has 12 nitrogen and oxygen atoms in total. The fraction of sp³-hybridized carbons (Fsp3) is 0.263. The molecule has 0 saturated carbocycles. The second-order valence-corrected chi connectivity index (χ2v) is 6.95. The van der Waals surface area contributed by atoms with Crippen molar-refractivity contribution in [2.24, 2.45) is 5.10 Å². The Morgan fingerprint density at radius 2 is 2.06 bits per heavy atom. The van der Waals surface area contributed by atoms with Crippen LogP contribution in [0.3, 0.4) is 0 Å². The smallest absolute Gasteiger partial charge is 0.322 e. The maximum absolute atomic E-state index is 11.0. The van der Waals surface area contributed by atoms with Gasteiger partial charge in [-0.15, -0.1) is 0 Å². The van der Waals surface area contributed by atoms with Gasteiger partial charge < -0.3 is 18.8 Å². The lowest BCUT2D eigenvalue weighted by molar-refractivity contribution is -0.384. The minimum absolute atomic E-state index is 0.0856. The molecule has 0 atom stereocenters. The van der Waals surface area contributed by atoms with E-state index in [2.05, 4.69) is 25.5 Å². The number of anilines is 2. The highest BCUT2D eigenvalue weighted by molar-refractivity contribution is 6.33. The fourth-order valence-corrected chi connectivity index (χ4v) is 3.14. The number of aromatic nitrogens is 3. The van der Waals surface area contributed by atoms with Gasteiger partial charge in [0.1, 0.15) is 11.5 Å². The van der Waals surface area contributed by atoms with Crippen LogP contribution >= 0.6 is 11.6 Å². The van der Waals surface area contributed by atoms with E-state index in [1.807, 2.05) is 4.90 Å². The molecule has 13 heteroatoms. The van der Waals surface area contributed by atoms with Gasteiger partial charge in [0.15, 0.2) is 0 Å². The molecule has 0 aliphatic carbocycles. The van der Waals surface area contributed by atoms with Crippen LogP contribution in [0.5, 0.6) is 6.01 Å². The van der Waals surface area contributed by atoms with Gasteiger partial charge in [0.2, 0.25) is 5.95 Å². The van der Waals surface area contributed by atoms with Gasteiger partial charge in [-0.05, 0) is 18.2 Å². The average molecular weight is 460 g/mol. The molecule has 0 amide bonds. The van der Waals surface area contributed by atoms with Gasteiger partial charge >= 0.3 is 6.01 Å². The molecule has 1 saturated heterocycles. The van der Waals surface area contributed by atoms with Crippen LogP contribution in [-0.2, 0) is 4.74 Å². The lowest BCUT2D eigenvalue weighted by Gasteiger charge is -2.26. The molecular weight excluding hydrogens is 442 g/mol. The molecular formula is C19H18ClN7O5. The largest absolute Gasteiger partial charge is 0.467 e. The van der Waals surface area contributed by atoms with Crippen LogP contribution in [0, 0.1) is 10.1 Å². The summed E-state index contributed by atoms with van der Waals surface area (Å²) < 4.78 is 16.2. The number of ether oxygens (including phenoxy) is 2. The molecule has 2 aromatic heterocycles. The predicted octanol–water partition coefficient (Wildman–Crippen LogP) is 2.98. The third-order valence-corrected chi connectivity index (χ3v) is 4.82. The number of hydrazone groups is 1. The van der Waals surface area contributed by atoms with Gasteiger partial charge in [-0.2, -0.15) is 20.1 Å². The summed E-state index contributed by atoms with van der Waals surface area (Å²) in [7, 11) is 1.47. The van der Waals surface area contributed by atoms with Crippen molar-refractivity contribution >= 4 is 35.4 Å². The first-order chi connectivity index (χ1) is 15.5. The number of hydrogen-bond donors (Lipinski definition) is 1. The number of morpholine rings is 1. The number of hydrogen-bond acceptors (Lipinski definition) is 11. The Hall–Kier alpha value is -3.77. The summed E-state index contributed by atoms with van der Waals surface area (Å²) in [4.78, 5) is 25.2. The van der Waals surface area contributed by atoms with Gasteiger partial charge in [-0.25, -0.2) is 5.43 Å². The molecule has 4 rings (SSSR count). The number of non-ortho nitro benzene ring substituents is 1. The first-order valence-corrected chi connectivity index (χ1v) is 9.87. The van der Waals surface area contributed by atoms with E-state index >= 15 is 0 Å². The quantitative estimate of drug-likeness (QED) is 0.318. The molecule has 1 N–H and O–H groups in total. The number of benzene rings is 1. The molecule has 166 valence electrons. The number of nitro groups is 1. The minimum Gasteiger partial charge on any atom is -0.467 e. The topological polar surface area (TPSA) is 141 Å². The Morgan fingerprint density at radius 1 is 1.25 bits per heavy atom. The van der Waals surface area contributed by atoms with Gasteiger partial charge in [-0.3, -0.25) is 10.1 Å². The predicted molar refractivity (Wildman–Crippen MR) is 116 cm³/mol. The van der Waals surface area contributed by atoms with Crippen LogP contribution in [0.1, 0.15) is 5.76 Å². The van der Waals surface area contributed by atoms with E-state index in [-0.39, 0.29) is 17.6 Å². The van der Waals surface area contributed by atoms with Crippen LogP contribution in [0.25, 0.3) is 11.3 Å². The van der Waals surface area contributed by atoms with Crippen LogP contribution in [0.15, 0.2) is 39.9 Å². The highest BCUT2D eigenvalue weighted by Crippen LogP contribution is 2.32. The third kappa shape index (κ3) is 4.92. The Kier molecular flexibility index (Phi) is 6.42. The van der Waals surface area contributed by atoms with Gasteiger partial charge in [0.25, 0.3) is 11.6 Å². The van der Waals surface area contributed by atoms with Crippen molar-refractivity contribution in [3.8, 4) is 17.3 Å². The van der Waals surface area contributed by atoms with Gasteiger partial charge in [0, 0.05) is 30.8 Å². The molecule has 0 bridgehead atoms. The molecule has 3 aromatic rings. The van der Waals surface area contributed by atoms with Crippen LogP contribution in [0.4, 0.5) is 17.6 Å². The zero-order chi connectivity index (χ0) is 22.5. The van der Waals surface area contributed by atoms with Crippen LogP contribution in [-0.4, -0.2) is 59.5 Å². The minimum atomic E-state index is -0.497. The van der Waals surface area contributed by atoms with E-state index in [4.69, 9.17) is 25.5 Å². The summed E-state index contributed by atoms with van der Waals surface area (Å²) in [6, 6.07) is 7.59. The van der Waals surface area contributed by atoms with Crippen LogP contribution in [0.2, 0.25) is 5.02 Å². The third-order valence-electron chi connectivity index (χ3n) is 4.49. The number of halogens is 1. The zero-order valence-corrected chi connectivity index (χ0v) is 17.7. The first-order valence-electron chi connectivity index (χ1n) is 9.49. The summed E-state index contributed by atoms with van der Waals surface area (Å²) >= 11 is 6.16. The summed E-state index contributed by atoms with van der Waals surface area (Å²) in [5.41, 5.74) is 3.05. The number of nitro benzene ring substituents is 1. The number of rotatable bonds is 7. The van der Waals surface area contributed by atoms with E-state index in [1.165, 1.54) is 31.5 Å². The SMILES string of the molecule is COc1nc(N/N=C\c2ccc(-c3cc([N+](=O)[O-])ccc3Cl)o2)nc(N2CCOCC2)n1. The summed E-state index contributed by atoms with van der Waals surface area (Å²) in [5, 5.41) is 15.4. The summed E-state index contributed by atoms with van der Waals surface area (Å²) in [5.74, 6) is 1.42. The lowest BCUT2D eigenvalue weighted by Crippen LogP contribution is -2.37. The second kappa shape index (κ2) is 9.58. The maximum Gasteiger partial charge on any atom is 0.322 e. The first kappa shape index (κ1) is 21.5. The number of nitrogens with zero attached hydrogens (tertiary/aromatic N) is 6. The number of methoxy groups -OCH3 is 1. The Morgan fingerprint density at radius 3 is 2.81 bits per heavy atom. The lowest BCUT2D eigenvalue weighted by atomic mass is 10.1. The molecule has 0 radical (unpaired) electrons. The maximum atomic E-state index is 11.0. The monoisotopic (exact) mass is 459 g/mol. The van der Waals surface area contributed by atoms with Gasteiger partial charge in [0.05, 0.1) is 36.5 Å². The molecule has 1 fully saturated rings. The van der Waals surface area contributed by atoms with Crippen molar-refractivity contribution in [1.82, 2.24) is 15.0 Å². The Balaban J connectivity index is 1.49. The Labute approximate surface area is 187 Å². The molecule has 0 unspecified atom stereocenters. The highest BCUT2D eigenvalue weighted by atomic mass is 35.5. The normalized spacial score (nSPS) is 14.0. The molecule has 3 heterocycles. The van der Waals surface area contributed by atoms with Crippen LogP contribution < -0.4 is 15.1 Å². The molecule has 0 spiro atoms. The van der Waals surface area contributed by atoms with Crippen molar-refractivity contribution in [2.45, 2.75) is 0 Å². The molecule has 32 heavy (non-hydrogen) atoms. The average Bonchev–Trinajstić information content (AvgIpc) is 3.28. The summed E-state index contributed by atoms with van der Waals surface area (Å²) in [6.07, 6.45) is 1.42. The van der Waals surface area contributed by atoms with Crippen molar-refractivity contribution in [3.05, 3.63) is 51.2 Å². The van der Waals surface area contributed by atoms with Crippen molar-refractivity contribution in [1.29, 1.82) is 0 Å². The van der Waals surface area contributed by atoms with E-state index in [1.54, 1.807) is 12.1 Å². The van der Waals surface area contributed by atoms with Crippen molar-refractivity contribution in [2.75, 3.05) is 43.7 Å². The molecule has 1 aliphatic rings. The zero-order valence-electron chi connectivity index (χ0n) is 16.9. The molecule has 1 aromatic carbocycles. The second-order valence-electron chi connectivity index (χ2n) is 6.54. The number of furan rings is 1. The van der Waals surface area contributed by atoms with Crippen molar-refractivity contribution < 1.29 is 18.8 Å². The number of nitrogens with one attached hydrogen (secondary N) is 1. The standard InChI is InChI=1S/C19H18ClN7O5/c1-30-19-23-17(22-18(24-19)26-6-8-31-9-7-26)25-21-11-13-3-5-16(32-13)14-10-12(27(28)29)2-4-15(14)20/h2-5,10-11H,6-9H2,1H3,(H,22,23,24,25)/b21-11-. The summed E-state index contributed by atoms with van der Waals surface area (Å²) in [6.45, 7) is 2.49. The van der Waals surface area contributed by atoms with E-state index in [0.29, 0.717) is 54.4 Å². The Bertz CT molecular complexity index is 1150. The van der Waals surface area contributed by atoms with E-state index in [0.717, 1.165) is 0 Å².